The summed E-state index contributed by atoms with van der Waals surface area (Å²) in [5.41, 5.74) is 0. The van der Waals surface area contributed by atoms with Crippen molar-refractivity contribution in [3.63, 3.8) is 0 Å². The molecule has 115 heteroatoms. The first-order valence-electron chi connectivity index (χ1n) is 3.26. The van der Waals surface area contributed by atoms with E-state index in [1.165, 1.54) is 0 Å². The van der Waals surface area contributed by atoms with E-state index in [0.717, 1.165) is 0 Å². The van der Waals surface area contributed by atoms with Crippen LogP contribution in [0.3, 0.4) is 0 Å². The van der Waals surface area contributed by atoms with E-state index >= 15 is 0 Å². The maximum atomic E-state index is 8.56. The van der Waals surface area contributed by atoms with E-state index in [1.807, 2.05) is 0 Å². The third-order valence-electron chi connectivity index (χ3n) is 0. The Labute approximate surface area is 3720 Å². The molecular formula is C5H10Ca100O15+200. The Morgan fingerprint density at radius 1 is 0.0583 bits per heavy atom. The van der Waals surface area contributed by atoms with Gasteiger partial charge in [-0.1, -0.05) is 0 Å². The van der Waals surface area contributed by atoms with Gasteiger partial charge in [-0.2, -0.15) is 0 Å². The average Bonchev–Trinajstić information content (AvgIpc) is 1.94. The third kappa shape index (κ3) is 920. The molecule has 0 saturated heterocycles. The van der Waals surface area contributed by atoms with Gasteiger partial charge < -0.3 is 51.1 Å². The summed E-state index contributed by atoms with van der Waals surface area (Å²) in [7, 11) is 0. The molecule has 0 aromatic carbocycles. The Balaban J connectivity index is -0.000000000188. The summed E-state index contributed by atoms with van der Waals surface area (Å²) in [6, 6.07) is 0. The van der Waals surface area contributed by atoms with Crippen molar-refractivity contribution in [3.8, 4) is 0 Å². The predicted molar refractivity (Wildman–Crippen MR) is 629 cm³/mol. The van der Waals surface area contributed by atoms with Gasteiger partial charge in [0.1, 0.15) is 0 Å². The van der Waals surface area contributed by atoms with E-state index in [-0.39, 0.29) is 3770 Å². The fraction of sp³-hybridized carbons (Fsp3) is 0. The van der Waals surface area contributed by atoms with Crippen molar-refractivity contribution in [2.24, 2.45) is 0 Å². The van der Waals surface area contributed by atoms with Gasteiger partial charge in [0, 0.05) is 0 Å². The van der Waals surface area contributed by atoms with Gasteiger partial charge in [-0.05, 0) is 0 Å². The van der Waals surface area contributed by atoms with Crippen molar-refractivity contribution in [3.05, 3.63) is 0 Å². The maximum absolute atomic E-state index is 8.56. The van der Waals surface area contributed by atoms with Gasteiger partial charge in [0.05, 0.1) is 0 Å². The minimum atomic E-state index is -1.83. The van der Waals surface area contributed by atoms with Gasteiger partial charge in [-0.25, -0.2) is 24.0 Å². The van der Waals surface area contributed by atoms with Crippen LogP contribution in [0.2, 0.25) is 0 Å². The molecule has 10 N–H and O–H groups in total. The van der Waals surface area contributed by atoms with Gasteiger partial charge in [-0.15, -0.1) is 0 Å². The Hall–Kier alpha value is 122. The van der Waals surface area contributed by atoms with Gasteiger partial charge in [-0.3, -0.25) is 0 Å². The Bertz CT molecular complexity index is 279. The standard InChI is InChI=1S/5CH2O3.100Ca/c5*2-1(3)4;;;;;;;;;;;;;;;;;;;;;;;;;;;;;;;;;;;;;;;;;;;;;;;;;;;;;;;;;;;;;;;;;;;;;;;;;;;;;;;;;;;;;;;;;;;;;;;;;;;;/h5*(H2,2,3,4);;;;;;;;;;;;;;;;;;;;;;;;;;;;;;;;;;;;;;;;;;;;;;;;;;;;;;;;;;;;;;;;;;;;;;;;;;;;;;;;;;;;;;;;;;;;;;;;;;;;/q;;;;;100*+2. The first-order chi connectivity index (χ1) is 8.66. The van der Waals surface area contributed by atoms with Gasteiger partial charge >= 0.3 is 3800 Å². The zero-order valence-electron chi connectivity index (χ0n) is 79.7. The molecule has 0 unspecified atom stereocenters. The van der Waals surface area contributed by atoms with Gasteiger partial charge in [0.25, 0.3) is 0 Å². The second-order valence-corrected chi connectivity index (χ2v) is 1.41. The minimum Gasteiger partial charge on any atom is -0.450 e. The third-order valence-corrected chi connectivity index (χ3v) is 0. The molecule has 0 bridgehead atoms. The molecule has 120 heavy (non-hydrogen) atoms. The van der Waals surface area contributed by atoms with E-state index in [9.17, 15) is 0 Å². The van der Waals surface area contributed by atoms with Crippen LogP contribution in [0.5, 0.6) is 0 Å². The van der Waals surface area contributed by atoms with Crippen LogP contribution in [0, 0.1) is 0 Å². The quantitative estimate of drug-likeness (QED) is 0.101. The summed E-state index contributed by atoms with van der Waals surface area (Å²) in [5.74, 6) is 0. The topological polar surface area (TPSA) is 288 Å². The Morgan fingerprint density at radius 3 is 0.0583 bits per heavy atom. The largest absolute Gasteiger partial charge is 2.00 e. The molecule has 0 atom stereocenters. The second kappa shape index (κ2) is 739. The molecular weight excluding hydrogens is 4310 g/mol. The van der Waals surface area contributed by atoms with Crippen molar-refractivity contribution in [2.45, 2.75) is 0 Å². The maximum Gasteiger partial charge on any atom is 2.00 e. The van der Waals surface area contributed by atoms with Crippen LogP contribution in [0.25, 0.3) is 0 Å². The SMILES string of the molecule is O=C(O)O.O=C(O)O.O=C(O)O.O=C(O)O.O=C(O)O.[Ca+2].[Ca+2].[Ca+2].[Ca+2].[Ca+2].[Ca+2].[Ca+2].[Ca+2].[Ca+2].[Ca+2].[Ca+2].[Ca+2].[Ca+2].[Ca+2].[Ca+2].[Ca+2].[Ca+2].[Ca+2].[Ca+2].[Ca+2].[Ca+2].[Ca+2].[Ca+2].[Ca+2].[Ca+2].[Ca+2].[Ca+2].[Ca+2].[Ca+2].[Ca+2].[Ca+2].[Ca+2].[Ca+2].[Ca+2].[Ca+2].[Ca+2].[Ca+2].[Ca+2].[Ca+2].[Ca+2].[Ca+2].[Ca+2].[Ca+2].[Ca+2].[Ca+2].[Ca+2].[Ca+2].[Ca+2].[Ca+2].[Ca+2].[Ca+2].[Ca+2].[Ca+2].[Ca+2].[Ca+2].[Ca+2].[Ca+2].[Ca+2].[Ca+2].[Ca+2].[Ca+2].[Ca+2].[Ca+2].[Ca+2].[Ca+2].[Ca+2].[Ca+2].[Ca+2].[Ca+2].[Ca+2].[Ca+2].[Ca+2].[Ca+2].[Ca+2].[Ca+2].[Ca+2].[Ca+2].[Ca+2].[Ca+2].[Ca+2].[Ca+2].[Ca+2].[Ca+2].[Ca+2].[Ca+2].[Ca+2].[Ca+2].[Ca+2].[Ca+2].[Ca+2].[Ca+2].[Ca+2].[Ca+2].[Ca+2].[Ca+2].[Ca+2].[Ca+2].[Ca+2].[Ca+2].[Ca+2]. The molecule has 0 aromatic heterocycles. The van der Waals surface area contributed by atoms with Crippen molar-refractivity contribution < 1.29 is 75.0 Å². The summed E-state index contributed by atoms with van der Waals surface area (Å²) in [5, 5.41) is 69.7. The molecule has 0 saturated carbocycles. The molecule has 15 nitrogen and oxygen atoms in total. The summed E-state index contributed by atoms with van der Waals surface area (Å²) in [6.45, 7) is 0. The fourth-order valence-corrected chi connectivity index (χ4v) is 0. The molecule has 0 aromatic rings. The monoisotopic (exact) mass is 4310 g/mol. The van der Waals surface area contributed by atoms with Crippen LogP contribution < -0.4 is 0 Å². The molecule has 0 aliphatic heterocycles. The van der Waals surface area contributed by atoms with Crippen molar-refractivity contribution in [1.82, 2.24) is 0 Å². The summed E-state index contributed by atoms with van der Waals surface area (Å²) in [6.07, 6.45) is -9.17. The first-order valence-corrected chi connectivity index (χ1v) is 3.26. The Kier molecular flexibility index (Phi) is 4610. The molecule has 120 valence electrons. The van der Waals surface area contributed by atoms with Crippen LogP contribution in [0.4, 0.5) is 24.0 Å². The molecule has 0 aliphatic carbocycles. The minimum absolute atomic E-state index is 0. The zero-order chi connectivity index (χ0) is 17.9. The zero-order valence-corrected chi connectivity index (χ0v) is 301. The molecule has 0 heterocycles. The number of carboxylic acid groups (broad SMARTS) is 10. The number of hydrogen-bond acceptors (Lipinski definition) is 5. The van der Waals surface area contributed by atoms with Gasteiger partial charge in [0.15, 0.2) is 0 Å². The summed E-state index contributed by atoms with van der Waals surface area (Å²) in [4.78, 5) is 42.8. The van der Waals surface area contributed by atoms with Crippen LogP contribution in [-0.4, -0.2) is 3860 Å². The first kappa shape index (κ1) is 748. The summed E-state index contributed by atoms with van der Waals surface area (Å²) >= 11 is 0. The van der Waals surface area contributed by atoms with Crippen LogP contribution in [0.1, 0.15) is 0 Å². The number of hydrogen-bond donors (Lipinski definition) is 10. The molecule has 0 spiro atoms. The number of carbonyl (C=O) groups is 5. The van der Waals surface area contributed by atoms with E-state index < -0.39 is 30.8 Å². The van der Waals surface area contributed by atoms with Gasteiger partial charge in [0.2, 0.25) is 0 Å². The molecule has 0 amide bonds. The van der Waals surface area contributed by atoms with Crippen molar-refractivity contribution in [1.29, 1.82) is 0 Å². The fourth-order valence-electron chi connectivity index (χ4n) is 0. The average molecular weight is 4320 g/mol. The molecule has 0 radical (unpaired) electrons. The van der Waals surface area contributed by atoms with Crippen molar-refractivity contribution in [2.75, 3.05) is 0 Å². The van der Waals surface area contributed by atoms with Crippen LogP contribution >= 0.6 is 0 Å². The van der Waals surface area contributed by atoms with E-state index in [4.69, 9.17) is 75.0 Å². The number of rotatable bonds is 0. The Morgan fingerprint density at radius 2 is 0.0583 bits per heavy atom. The van der Waals surface area contributed by atoms with E-state index in [2.05, 4.69) is 0 Å². The molecule has 0 fully saturated rings. The van der Waals surface area contributed by atoms with Crippen LogP contribution in [-0.2, 0) is 0 Å². The van der Waals surface area contributed by atoms with E-state index in [1.54, 1.807) is 0 Å². The molecule has 0 rings (SSSR count). The normalized spacial score (nSPS) is 1.00. The smallest absolute Gasteiger partial charge is 0.450 e. The van der Waals surface area contributed by atoms with Crippen molar-refractivity contribution >= 4 is 3800 Å². The molecule has 0 aliphatic rings. The van der Waals surface area contributed by atoms with Crippen LogP contribution in [0.15, 0.2) is 0 Å². The predicted octanol–water partition coefficient (Wildman–Crippen LogP) is -37.0. The second-order valence-electron chi connectivity index (χ2n) is 1.41. The summed E-state index contributed by atoms with van der Waals surface area (Å²) < 4.78 is 0. The van der Waals surface area contributed by atoms with E-state index in [0.29, 0.717) is 0 Å².